The molecule has 1 saturated heterocycles. The molecule has 0 bridgehead atoms. The Morgan fingerprint density at radius 2 is 2.00 bits per heavy atom. The fourth-order valence-corrected chi connectivity index (χ4v) is 3.37. The number of nitrogen functional groups attached to an aromatic ring is 1. The number of carbonyl (C=O) groups excluding carboxylic acids is 1. The van der Waals surface area contributed by atoms with Crippen LogP contribution in [0.2, 0.25) is 0 Å². The van der Waals surface area contributed by atoms with Gasteiger partial charge < -0.3 is 16.0 Å². The molecule has 4 nitrogen and oxygen atoms in total. The molecule has 0 saturated carbocycles. The molecule has 1 amide bonds. The molecule has 1 heterocycles. The Labute approximate surface area is 147 Å². The van der Waals surface area contributed by atoms with Gasteiger partial charge in [-0.05, 0) is 67.6 Å². The van der Waals surface area contributed by atoms with Crippen LogP contribution in [0.3, 0.4) is 0 Å². The highest BCUT2D eigenvalue weighted by Crippen LogP contribution is 2.32. The number of piperidine rings is 1. The smallest absolute Gasteiger partial charge is 0.255 e. The van der Waals surface area contributed by atoms with Crippen LogP contribution in [0.25, 0.3) is 0 Å². The lowest BCUT2D eigenvalue weighted by Crippen LogP contribution is -2.34. The number of anilines is 3. The first-order valence-electron chi connectivity index (χ1n) is 8.66. The molecule has 2 aromatic rings. The quantitative estimate of drug-likeness (QED) is 0.823. The van der Waals surface area contributed by atoms with Crippen LogP contribution < -0.4 is 16.0 Å². The van der Waals surface area contributed by atoms with Crippen molar-refractivity contribution in [2.75, 3.05) is 29.0 Å². The molecule has 0 unspecified atom stereocenters. The molecule has 1 aliphatic heterocycles. The number of benzene rings is 2. The van der Waals surface area contributed by atoms with E-state index in [0.717, 1.165) is 24.3 Å². The van der Waals surface area contributed by atoms with Crippen LogP contribution in [-0.2, 0) is 0 Å². The molecule has 0 spiro atoms. The van der Waals surface area contributed by atoms with Crippen LogP contribution in [0, 0.1) is 18.7 Å². The lowest BCUT2D eigenvalue weighted by atomic mass is 9.98. The Morgan fingerprint density at radius 3 is 2.68 bits per heavy atom. The molecule has 132 valence electrons. The molecule has 0 aliphatic carbocycles. The first kappa shape index (κ1) is 17.3. The van der Waals surface area contributed by atoms with Gasteiger partial charge in [-0.15, -0.1) is 0 Å². The van der Waals surface area contributed by atoms with Crippen LogP contribution in [0.1, 0.15) is 35.7 Å². The van der Waals surface area contributed by atoms with Gasteiger partial charge in [0, 0.05) is 24.3 Å². The average molecular weight is 341 g/mol. The van der Waals surface area contributed by atoms with Crippen LogP contribution in [0.15, 0.2) is 36.4 Å². The summed E-state index contributed by atoms with van der Waals surface area (Å²) in [5, 5.41) is 2.85. The predicted octanol–water partition coefficient (Wildman–Crippen LogP) is 4.20. The molecular formula is C20H24FN3O. The SMILES string of the molecule is Cc1cc(N)c(NC(=O)c2ccc(F)cc2)cc1N1CCC[C@@H](C)C1. The third-order valence-electron chi connectivity index (χ3n) is 4.72. The van der Waals surface area contributed by atoms with E-state index in [1.54, 1.807) is 0 Å². The first-order valence-corrected chi connectivity index (χ1v) is 8.66. The van der Waals surface area contributed by atoms with Crippen molar-refractivity contribution in [3.8, 4) is 0 Å². The summed E-state index contributed by atoms with van der Waals surface area (Å²) in [6.07, 6.45) is 2.42. The Balaban J connectivity index is 1.84. The minimum absolute atomic E-state index is 0.298. The zero-order valence-corrected chi connectivity index (χ0v) is 14.7. The number of nitrogens with two attached hydrogens (primary N) is 1. The predicted molar refractivity (Wildman–Crippen MR) is 101 cm³/mol. The lowest BCUT2D eigenvalue weighted by molar-refractivity contribution is 0.102. The van der Waals surface area contributed by atoms with Crippen LogP contribution in [0.4, 0.5) is 21.5 Å². The summed E-state index contributed by atoms with van der Waals surface area (Å²) in [6, 6.07) is 9.31. The van der Waals surface area contributed by atoms with Gasteiger partial charge in [0.15, 0.2) is 0 Å². The molecule has 0 radical (unpaired) electrons. The third-order valence-corrected chi connectivity index (χ3v) is 4.72. The number of nitrogens with zero attached hydrogens (tertiary/aromatic N) is 1. The first-order chi connectivity index (χ1) is 11.9. The molecule has 25 heavy (non-hydrogen) atoms. The van der Waals surface area contributed by atoms with E-state index in [1.807, 2.05) is 19.1 Å². The maximum Gasteiger partial charge on any atom is 0.255 e. The highest BCUT2D eigenvalue weighted by Gasteiger charge is 2.19. The van der Waals surface area contributed by atoms with Gasteiger partial charge in [-0.3, -0.25) is 4.79 Å². The van der Waals surface area contributed by atoms with Gasteiger partial charge in [-0.1, -0.05) is 6.92 Å². The standard InChI is InChI=1S/C20H24FN3O/c1-13-4-3-9-24(12-13)19-11-18(17(22)10-14(19)2)23-20(25)15-5-7-16(21)8-6-15/h5-8,10-11,13H,3-4,9,12,22H2,1-2H3,(H,23,25)/t13-/m1/s1. The molecule has 2 aromatic carbocycles. The second-order valence-electron chi connectivity index (χ2n) is 6.88. The van der Waals surface area contributed by atoms with Crippen molar-refractivity contribution >= 4 is 23.0 Å². The summed E-state index contributed by atoms with van der Waals surface area (Å²) in [6.45, 7) is 6.32. The van der Waals surface area contributed by atoms with Crippen molar-refractivity contribution in [1.29, 1.82) is 0 Å². The van der Waals surface area contributed by atoms with Crippen molar-refractivity contribution in [2.45, 2.75) is 26.7 Å². The van der Waals surface area contributed by atoms with Gasteiger partial charge in [0.25, 0.3) is 5.91 Å². The number of hydrogen-bond acceptors (Lipinski definition) is 3. The normalized spacial score (nSPS) is 17.4. The number of nitrogens with one attached hydrogen (secondary N) is 1. The van der Waals surface area contributed by atoms with Crippen molar-refractivity contribution < 1.29 is 9.18 Å². The van der Waals surface area contributed by atoms with E-state index in [-0.39, 0.29) is 11.7 Å². The highest BCUT2D eigenvalue weighted by molar-refractivity contribution is 6.06. The van der Waals surface area contributed by atoms with Gasteiger partial charge in [-0.25, -0.2) is 4.39 Å². The summed E-state index contributed by atoms with van der Waals surface area (Å²) >= 11 is 0. The number of halogens is 1. The Kier molecular flexibility index (Phi) is 4.93. The van der Waals surface area contributed by atoms with Gasteiger partial charge in [0.1, 0.15) is 5.82 Å². The average Bonchev–Trinajstić information content (AvgIpc) is 2.57. The maximum atomic E-state index is 13.0. The molecule has 5 heteroatoms. The molecule has 1 fully saturated rings. The summed E-state index contributed by atoms with van der Waals surface area (Å²) in [4.78, 5) is 14.8. The zero-order valence-electron chi connectivity index (χ0n) is 14.7. The highest BCUT2D eigenvalue weighted by atomic mass is 19.1. The third kappa shape index (κ3) is 3.92. The second-order valence-corrected chi connectivity index (χ2v) is 6.88. The van der Waals surface area contributed by atoms with Crippen LogP contribution in [0.5, 0.6) is 0 Å². The number of carbonyl (C=O) groups is 1. The summed E-state index contributed by atoms with van der Waals surface area (Å²) < 4.78 is 13.0. The van der Waals surface area contributed by atoms with Gasteiger partial charge >= 0.3 is 0 Å². The van der Waals surface area contributed by atoms with Crippen LogP contribution in [-0.4, -0.2) is 19.0 Å². The topological polar surface area (TPSA) is 58.4 Å². The lowest BCUT2D eigenvalue weighted by Gasteiger charge is -2.34. The molecule has 3 rings (SSSR count). The van der Waals surface area contributed by atoms with Gasteiger partial charge in [-0.2, -0.15) is 0 Å². The molecule has 3 N–H and O–H groups in total. The van der Waals surface area contributed by atoms with E-state index in [2.05, 4.69) is 17.1 Å². The van der Waals surface area contributed by atoms with Crippen LogP contribution >= 0.6 is 0 Å². The monoisotopic (exact) mass is 341 g/mol. The van der Waals surface area contributed by atoms with E-state index in [9.17, 15) is 9.18 Å². The Morgan fingerprint density at radius 1 is 1.28 bits per heavy atom. The van der Waals surface area contributed by atoms with E-state index in [1.165, 1.54) is 37.1 Å². The summed E-state index contributed by atoms with van der Waals surface area (Å²) in [5.74, 6) is -0.00983. The molecule has 1 aliphatic rings. The Hall–Kier alpha value is -2.56. The van der Waals surface area contributed by atoms with Gasteiger partial charge in [0.2, 0.25) is 0 Å². The van der Waals surface area contributed by atoms with Crippen molar-refractivity contribution in [2.24, 2.45) is 5.92 Å². The summed E-state index contributed by atoms with van der Waals surface area (Å²) in [7, 11) is 0. The fraction of sp³-hybridized carbons (Fsp3) is 0.350. The minimum atomic E-state index is -0.368. The number of amides is 1. The molecule has 0 aromatic heterocycles. The summed E-state index contributed by atoms with van der Waals surface area (Å²) in [5.41, 5.74) is 9.83. The number of rotatable bonds is 3. The van der Waals surface area contributed by atoms with E-state index >= 15 is 0 Å². The maximum absolute atomic E-state index is 13.0. The zero-order chi connectivity index (χ0) is 18.0. The number of aryl methyl sites for hydroxylation is 1. The fourth-order valence-electron chi connectivity index (χ4n) is 3.37. The van der Waals surface area contributed by atoms with E-state index < -0.39 is 0 Å². The van der Waals surface area contributed by atoms with Crippen molar-refractivity contribution in [3.05, 3.63) is 53.3 Å². The largest absolute Gasteiger partial charge is 0.397 e. The molecule has 1 atom stereocenters. The minimum Gasteiger partial charge on any atom is -0.397 e. The molecular weight excluding hydrogens is 317 g/mol. The van der Waals surface area contributed by atoms with E-state index in [0.29, 0.717) is 22.9 Å². The van der Waals surface area contributed by atoms with Gasteiger partial charge in [0.05, 0.1) is 11.4 Å². The van der Waals surface area contributed by atoms with E-state index in [4.69, 9.17) is 5.73 Å². The van der Waals surface area contributed by atoms with Crippen molar-refractivity contribution in [3.63, 3.8) is 0 Å². The second kappa shape index (κ2) is 7.13. The number of hydrogen-bond donors (Lipinski definition) is 2. The van der Waals surface area contributed by atoms with Crippen molar-refractivity contribution in [1.82, 2.24) is 0 Å². The Bertz CT molecular complexity index is 773.